The monoisotopic (exact) mass is 424 g/mol. The molecule has 1 spiro atoms. The lowest BCUT2D eigenvalue weighted by Crippen LogP contribution is -2.66. The molecule has 0 aromatic carbocycles. The summed E-state index contributed by atoms with van der Waals surface area (Å²) < 4.78 is 0. The first-order chi connectivity index (χ1) is 14.3. The highest BCUT2D eigenvalue weighted by Gasteiger charge is 2.79. The molecule has 0 aromatic heterocycles. The van der Waals surface area contributed by atoms with Crippen molar-refractivity contribution in [2.24, 2.45) is 55.7 Å². The zero-order valence-electron chi connectivity index (χ0n) is 21.6. The van der Waals surface area contributed by atoms with Gasteiger partial charge in [-0.1, -0.05) is 48.5 Å². The highest BCUT2D eigenvalue weighted by molar-refractivity contribution is 5.90. The molecule has 1 nitrogen and oxygen atoms in total. The number of hydrogen-bond acceptors (Lipinski definition) is 1. The summed E-state index contributed by atoms with van der Waals surface area (Å²) in [6, 6.07) is 0. The largest absolute Gasteiger partial charge is 0.299 e. The van der Waals surface area contributed by atoms with Gasteiger partial charge in [-0.25, -0.2) is 0 Å². The van der Waals surface area contributed by atoms with Crippen molar-refractivity contribution in [3.63, 3.8) is 0 Å². The molecular formula is C30H48O. The maximum absolute atomic E-state index is 12.9. The van der Waals surface area contributed by atoms with Gasteiger partial charge in [0.15, 0.2) is 0 Å². The summed E-state index contributed by atoms with van der Waals surface area (Å²) in [7, 11) is 0. The quantitative estimate of drug-likeness (QED) is 0.383. The van der Waals surface area contributed by atoms with Crippen LogP contribution >= 0.6 is 0 Å². The Morgan fingerprint density at radius 1 is 0.677 bits per heavy atom. The van der Waals surface area contributed by atoms with E-state index in [4.69, 9.17) is 0 Å². The summed E-state index contributed by atoms with van der Waals surface area (Å²) >= 11 is 0. The van der Waals surface area contributed by atoms with Gasteiger partial charge in [0.25, 0.3) is 0 Å². The normalized spacial score (nSPS) is 61.9. The third kappa shape index (κ3) is 2.24. The second-order valence-electron chi connectivity index (χ2n) is 15.7. The highest BCUT2D eigenvalue weighted by atomic mass is 16.1. The zero-order chi connectivity index (χ0) is 22.3. The van der Waals surface area contributed by atoms with Crippen LogP contribution in [0.25, 0.3) is 0 Å². The second-order valence-corrected chi connectivity index (χ2v) is 15.7. The molecule has 0 N–H and O–H groups in total. The average Bonchev–Trinajstić information content (AvgIpc) is 3.32. The molecule has 9 atom stereocenters. The Kier molecular flexibility index (Phi) is 3.87. The molecular weight excluding hydrogens is 376 g/mol. The number of carbonyl (C=O) groups excluding carboxylic acids is 1. The van der Waals surface area contributed by atoms with Gasteiger partial charge < -0.3 is 0 Å². The topological polar surface area (TPSA) is 17.1 Å². The number of fused-ring (bicyclic) bond motifs is 6. The van der Waals surface area contributed by atoms with Crippen LogP contribution in [0.3, 0.4) is 0 Å². The molecule has 0 heterocycles. The van der Waals surface area contributed by atoms with Crippen LogP contribution in [-0.4, -0.2) is 5.78 Å². The first-order valence-corrected chi connectivity index (χ1v) is 13.8. The molecule has 6 saturated carbocycles. The standard InChI is InChI=1S/C30H48O/c1-24(2)12-13-25(3)14-16-27(5)20-10-11-30-19-29(30,7)23(31)9-8-21(30)26(20,4)15-17-28(27,6)22(25)18-24/h20-22H,8-19H2,1-7H3/t20-,21-,22+,25+,26+,27+,28-,29-,30+/m0/s1. The van der Waals surface area contributed by atoms with E-state index in [9.17, 15) is 4.79 Å². The molecule has 6 fully saturated rings. The lowest BCUT2D eigenvalue weighted by atomic mass is 9.31. The molecule has 0 radical (unpaired) electrons. The van der Waals surface area contributed by atoms with Gasteiger partial charge in [-0.3, -0.25) is 4.79 Å². The second kappa shape index (κ2) is 5.66. The Morgan fingerprint density at radius 3 is 2.06 bits per heavy atom. The van der Waals surface area contributed by atoms with Crippen molar-refractivity contribution in [3.05, 3.63) is 0 Å². The van der Waals surface area contributed by atoms with Crippen LogP contribution in [0.1, 0.15) is 126 Å². The van der Waals surface area contributed by atoms with Crippen LogP contribution in [0.15, 0.2) is 0 Å². The Labute approximate surface area is 191 Å². The third-order valence-electron chi connectivity index (χ3n) is 14.3. The predicted octanol–water partition coefficient (Wildman–Crippen LogP) is 8.21. The van der Waals surface area contributed by atoms with Crippen molar-refractivity contribution in [2.75, 3.05) is 0 Å². The van der Waals surface area contributed by atoms with E-state index in [1.165, 1.54) is 70.6 Å². The van der Waals surface area contributed by atoms with Gasteiger partial charge in [0.2, 0.25) is 0 Å². The van der Waals surface area contributed by atoms with Gasteiger partial charge in [-0.15, -0.1) is 0 Å². The van der Waals surface area contributed by atoms with Gasteiger partial charge >= 0.3 is 0 Å². The molecule has 0 unspecified atom stereocenters. The van der Waals surface area contributed by atoms with Crippen LogP contribution in [-0.2, 0) is 4.79 Å². The van der Waals surface area contributed by atoms with Gasteiger partial charge in [0, 0.05) is 11.8 Å². The van der Waals surface area contributed by atoms with Crippen LogP contribution in [0.5, 0.6) is 0 Å². The van der Waals surface area contributed by atoms with E-state index in [0.717, 1.165) is 24.2 Å². The minimum atomic E-state index is 0.0457. The van der Waals surface area contributed by atoms with Gasteiger partial charge in [0.05, 0.1) is 0 Å². The maximum Gasteiger partial charge on any atom is 0.139 e. The fourth-order valence-electron chi connectivity index (χ4n) is 11.9. The maximum atomic E-state index is 12.9. The number of carbonyl (C=O) groups is 1. The number of Topliss-reactive ketones (excluding diaryl/α,β-unsaturated/α-hetero) is 1. The number of hydrogen-bond donors (Lipinski definition) is 0. The number of ketones is 1. The Bertz CT molecular complexity index is 841. The summed E-state index contributed by atoms with van der Waals surface area (Å²) in [5, 5.41) is 0. The lowest BCUT2D eigenvalue weighted by Gasteiger charge is -2.74. The molecule has 0 amide bonds. The van der Waals surface area contributed by atoms with Crippen molar-refractivity contribution in [1.29, 1.82) is 0 Å². The van der Waals surface area contributed by atoms with Crippen LogP contribution in [0, 0.1) is 55.7 Å². The van der Waals surface area contributed by atoms with Crippen molar-refractivity contribution < 1.29 is 4.79 Å². The predicted molar refractivity (Wildman–Crippen MR) is 128 cm³/mol. The number of rotatable bonds is 0. The van der Waals surface area contributed by atoms with Crippen molar-refractivity contribution in [1.82, 2.24) is 0 Å². The summed E-state index contributed by atoms with van der Waals surface area (Å²) in [4.78, 5) is 12.9. The summed E-state index contributed by atoms with van der Waals surface area (Å²) in [6.45, 7) is 18.3. The minimum absolute atomic E-state index is 0.0457. The van der Waals surface area contributed by atoms with E-state index in [2.05, 4.69) is 48.5 Å². The van der Waals surface area contributed by atoms with E-state index < -0.39 is 0 Å². The van der Waals surface area contributed by atoms with E-state index in [0.29, 0.717) is 38.3 Å². The van der Waals surface area contributed by atoms with E-state index in [-0.39, 0.29) is 5.41 Å². The highest BCUT2D eigenvalue weighted by Crippen LogP contribution is 2.84. The van der Waals surface area contributed by atoms with Gasteiger partial charge in [0.1, 0.15) is 5.78 Å². The molecule has 31 heavy (non-hydrogen) atoms. The van der Waals surface area contributed by atoms with E-state index >= 15 is 0 Å². The summed E-state index contributed by atoms with van der Waals surface area (Å²) in [5.41, 5.74) is 2.94. The van der Waals surface area contributed by atoms with Crippen LogP contribution in [0.2, 0.25) is 0 Å². The Morgan fingerprint density at radius 2 is 1.32 bits per heavy atom. The molecule has 174 valence electrons. The first-order valence-electron chi connectivity index (χ1n) is 13.8. The van der Waals surface area contributed by atoms with Crippen molar-refractivity contribution in [3.8, 4) is 0 Å². The fourth-order valence-corrected chi connectivity index (χ4v) is 11.9. The summed E-state index contributed by atoms with van der Waals surface area (Å²) in [5.74, 6) is 3.17. The summed E-state index contributed by atoms with van der Waals surface area (Å²) in [6.07, 6.45) is 16.1. The van der Waals surface area contributed by atoms with Gasteiger partial charge in [-0.2, -0.15) is 0 Å². The SMILES string of the molecule is CC1(C)CC[C@]2(C)CC[C@]3(C)[C@H]4CC[C@]56C[C@@]5(C)C(=O)CC[C@H]6[C@]4(C)CC[C@@]3(C)[C@@H]2C1. The van der Waals surface area contributed by atoms with Gasteiger partial charge in [-0.05, 0) is 121 Å². The Balaban J connectivity index is 1.40. The van der Waals surface area contributed by atoms with Crippen molar-refractivity contribution in [2.45, 2.75) is 126 Å². The van der Waals surface area contributed by atoms with Crippen LogP contribution in [0.4, 0.5) is 0 Å². The fraction of sp³-hybridized carbons (Fsp3) is 0.967. The molecule has 0 bridgehead atoms. The van der Waals surface area contributed by atoms with E-state index in [1.54, 1.807) is 0 Å². The molecule has 0 saturated heterocycles. The first kappa shape index (κ1) is 21.2. The van der Waals surface area contributed by atoms with E-state index in [1.807, 2.05) is 0 Å². The smallest absolute Gasteiger partial charge is 0.139 e. The molecule has 0 aromatic rings. The Hall–Kier alpha value is -0.330. The zero-order valence-corrected chi connectivity index (χ0v) is 21.6. The molecule has 6 aliphatic carbocycles. The van der Waals surface area contributed by atoms with Crippen LogP contribution < -0.4 is 0 Å². The minimum Gasteiger partial charge on any atom is -0.299 e. The molecule has 6 rings (SSSR count). The molecule has 0 aliphatic heterocycles. The third-order valence-corrected chi connectivity index (χ3v) is 14.3. The molecule has 6 aliphatic rings. The molecule has 1 heteroatoms. The lowest BCUT2D eigenvalue weighted by molar-refractivity contribution is -0.248. The van der Waals surface area contributed by atoms with Crippen molar-refractivity contribution >= 4 is 5.78 Å². The average molecular weight is 425 g/mol.